The van der Waals surface area contributed by atoms with E-state index in [0.717, 1.165) is 28.3 Å². The number of carbonyl (C=O) groups is 2. The molecule has 2 aromatic carbocycles. The van der Waals surface area contributed by atoms with Gasteiger partial charge < -0.3 is 14.5 Å². The number of benzene rings is 2. The summed E-state index contributed by atoms with van der Waals surface area (Å²) in [6.45, 7) is 10.4. The Hall–Kier alpha value is -3.19. The number of nitrogens with zero attached hydrogens (tertiary/aromatic N) is 3. The molecule has 6 nitrogen and oxygen atoms in total. The molecule has 3 aromatic rings. The van der Waals surface area contributed by atoms with Gasteiger partial charge in [-0.15, -0.1) is 11.3 Å². The molecule has 0 saturated carbocycles. The Morgan fingerprint density at radius 2 is 1.89 bits per heavy atom. The second kappa shape index (κ2) is 11.7. The zero-order valence-corrected chi connectivity index (χ0v) is 22.4. The highest BCUT2D eigenvalue weighted by molar-refractivity contribution is 7.09. The molecule has 0 aliphatic carbocycles. The lowest BCUT2D eigenvalue weighted by Gasteiger charge is -2.38. The molecular formula is C29H35N3O3S. The highest BCUT2D eigenvalue weighted by atomic mass is 32.1. The van der Waals surface area contributed by atoms with Crippen molar-refractivity contribution in [1.29, 1.82) is 0 Å². The number of amides is 2. The van der Waals surface area contributed by atoms with Crippen LogP contribution in [0.2, 0.25) is 0 Å². The third-order valence-electron chi connectivity index (χ3n) is 6.55. The van der Waals surface area contributed by atoms with Gasteiger partial charge in [-0.05, 0) is 55.0 Å². The van der Waals surface area contributed by atoms with Gasteiger partial charge in [0.2, 0.25) is 5.91 Å². The maximum atomic E-state index is 13.2. The summed E-state index contributed by atoms with van der Waals surface area (Å²) in [5, 5.41) is 2.56. The van der Waals surface area contributed by atoms with Crippen LogP contribution in [0.1, 0.15) is 72.3 Å². The predicted octanol–water partition coefficient (Wildman–Crippen LogP) is 5.72. The lowest BCUT2D eigenvalue weighted by atomic mass is 9.87. The second-order valence-corrected chi connectivity index (χ2v) is 10.4. The van der Waals surface area contributed by atoms with Crippen molar-refractivity contribution in [3.63, 3.8) is 0 Å². The third-order valence-corrected chi connectivity index (χ3v) is 7.37. The maximum absolute atomic E-state index is 13.2. The van der Waals surface area contributed by atoms with Crippen LogP contribution in [0.5, 0.6) is 5.75 Å². The summed E-state index contributed by atoms with van der Waals surface area (Å²) in [5.74, 6) is 1.18. The molecule has 1 aromatic heterocycles. The molecule has 36 heavy (non-hydrogen) atoms. The number of fused-ring (bicyclic) bond motifs is 1. The van der Waals surface area contributed by atoms with Gasteiger partial charge in [0, 0.05) is 31.4 Å². The van der Waals surface area contributed by atoms with E-state index < -0.39 is 0 Å². The number of ether oxygens (including phenoxy) is 1. The molecule has 0 spiro atoms. The van der Waals surface area contributed by atoms with Crippen LogP contribution >= 0.6 is 11.3 Å². The Balaban J connectivity index is 1.56. The number of rotatable bonds is 9. The number of thiazole rings is 1. The fourth-order valence-electron chi connectivity index (χ4n) is 4.71. The van der Waals surface area contributed by atoms with Gasteiger partial charge in [-0.2, -0.15) is 0 Å². The van der Waals surface area contributed by atoms with E-state index in [1.165, 1.54) is 16.9 Å². The Kier molecular flexibility index (Phi) is 8.41. The summed E-state index contributed by atoms with van der Waals surface area (Å²) < 4.78 is 6.13. The fourth-order valence-corrected chi connectivity index (χ4v) is 5.39. The van der Waals surface area contributed by atoms with Gasteiger partial charge in [0.15, 0.2) is 0 Å². The molecule has 0 bridgehead atoms. The Labute approximate surface area is 217 Å². The van der Waals surface area contributed by atoms with Gasteiger partial charge in [-0.3, -0.25) is 9.59 Å². The van der Waals surface area contributed by atoms with Crippen molar-refractivity contribution in [2.24, 2.45) is 5.92 Å². The van der Waals surface area contributed by atoms with Crippen LogP contribution in [-0.2, 0) is 17.8 Å². The van der Waals surface area contributed by atoms with Crippen molar-refractivity contribution in [3.05, 3.63) is 81.3 Å². The van der Waals surface area contributed by atoms with Gasteiger partial charge in [0.1, 0.15) is 23.1 Å². The first kappa shape index (κ1) is 25.9. The first-order valence-corrected chi connectivity index (χ1v) is 13.6. The van der Waals surface area contributed by atoms with Gasteiger partial charge in [-0.25, -0.2) is 4.98 Å². The first-order valence-electron chi connectivity index (χ1n) is 12.7. The minimum absolute atomic E-state index is 0.0480. The lowest BCUT2D eigenvalue weighted by molar-refractivity contribution is -0.134. The average Bonchev–Trinajstić information content (AvgIpc) is 3.36. The summed E-state index contributed by atoms with van der Waals surface area (Å²) >= 11 is 1.44. The van der Waals surface area contributed by atoms with E-state index in [2.05, 4.69) is 43.1 Å². The summed E-state index contributed by atoms with van der Waals surface area (Å²) in [5.41, 5.74) is 3.92. The molecule has 0 fully saturated rings. The molecule has 1 unspecified atom stereocenters. The van der Waals surface area contributed by atoms with Crippen LogP contribution in [0.4, 0.5) is 0 Å². The Morgan fingerprint density at radius 1 is 1.14 bits per heavy atom. The average molecular weight is 506 g/mol. The van der Waals surface area contributed by atoms with Gasteiger partial charge in [0.25, 0.3) is 5.91 Å². The number of hydrogen-bond acceptors (Lipinski definition) is 5. The topological polar surface area (TPSA) is 62.7 Å². The third kappa shape index (κ3) is 5.78. The molecular weight excluding hydrogens is 470 g/mol. The number of hydrogen-bond donors (Lipinski definition) is 0. The predicted molar refractivity (Wildman–Crippen MR) is 143 cm³/mol. The largest absolute Gasteiger partial charge is 0.486 e. The molecule has 0 radical (unpaired) electrons. The standard InChI is InChI=1S/C29H35N3O3S/c1-5-31(6-2)29(34)25-19-36-26(30-25)18-35-23-13-12-21-14-15-32(27(33)16-20(3)4)28(24(21)17-23)22-10-8-7-9-11-22/h7-13,17,19-20,28H,5-6,14-16,18H2,1-4H3. The van der Waals surface area contributed by atoms with E-state index in [1.807, 2.05) is 43.0 Å². The second-order valence-electron chi connectivity index (χ2n) is 9.50. The van der Waals surface area contributed by atoms with Crippen molar-refractivity contribution in [1.82, 2.24) is 14.8 Å². The summed E-state index contributed by atoms with van der Waals surface area (Å²) in [7, 11) is 0. The van der Waals surface area contributed by atoms with Crippen molar-refractivity contribution in [3.8, 4) is 5.75 Å². The molecule has 1 atom stereocenters. The zero-order valence-electron chi connectivity index (χ0n) is 21.6. The highest BCUT2D eigenvalue weighted by Crippen LogP contribution is 2.38. The van der Waals surface area contributed by atoms with Crippen LogP contribution in [0, 0.1) is 5.92 Å². The van der Waals surface area contributed by atoms with Crippen molar-refractivity contribution in [2.75, 3.05) is 19.6 Å². The highest BCUT2D eigenvalue weighted by Gasteiger charge is 2.32. The molecule has 2 heterocycles. The van der Waals surface area contributed by atoms with Crippen LogP contribution in [0.3, 0.4) is 0 Å². The van der Waals surface area contributed by atoms with E-state index in [-0.39, 0.29) is 17.9 Å². The SMILES string of the molecule is CCN(CC)C(=O)c1csc(COc2ccc3c(c2)C(c2ccccc2)N(C(=O)CC(C)C)CC3)n1. The number of aromatic nitrogens is 1. The summed E-state index contributed by atoms with van der Waals surface area (Å²) in [4.78, 5) is 34.1. The minimum Gasteiger partial charge on any atom is -0.486 e. The molecule has 0 N–H and O–H groups in total. The van der Waals surface area contributed by atoms with Gasteiger partial charge in [0.05, 0.1) is 6.04 Å². The van der Waals surface area contributed by atoms with Crippen molar-refractivity contribution in [2.45, 2.75) is 53.2 Å². The quantitative estimate of drug-likeness (QED) is 0.373. The van der Waals surface area contributed by atoms with E-state index >= 15 is 0 Å². The van der Waals surface area contributed by atoms with E-state index in [9.17, 15) is 9.59 Å². The van der Waals surface area contributed by atoms with Gasteiger partial charge in [-0.1, -0.05) is 50.2 Å². The smallest absolute Gasteiger partial charge is 0.273 e. The van der Waals surface area contributed by atoms with Crippen LogP contribution in [0.25, 0.3) is 0 Å². The monoisotopic (exact) mass is 505 g/mol. The molecule has 2 amide bonds. The van der Waals surface area contributed by atoms with E-state index in [4.69, 9.17) is 4.74 Å². The molecule has 7 heteroatoms. The van der Waals surface area contributed by atoms with Crippen molar-refractivity contribution < 1.29 is 14.3 Å². The van der Waals surface area contributed by atoms with E-state index in [1.54, 1.807) is 10.3 Å². The summed E-state index contributed by atoms with van der Waals surface area (Å²) in [6, 6.07) is 16.3. The molecule has 190 valence electrons. The Bertz CT molecular complexity index is 1190. The first-order chi connectivity index (χ1) is 17.4. The fraction of sp³-hybridized carbons (Fsp3) is 0.414. The molecule has 4 rings (SSSR count). The molecule has 1 aliphatic rings. The van der Waals surface area contributed by atoms with Crippen LogP contribution in [0.15, 0.2) is 53.9 Å². The normalized spacial score (nSPS) is 15.0. The summed E-state index contributed by atoms with van der Waals surface area (Å²) in [6.07, 6.45) is 1.36. The van der Waals surface area contributed by atoms with Crippen LogP contribution < -0.4 is 4.74 Å². The minimum atomic E-state index is -0.136. The molecule has 0 saturated heterocycles. The molecule has 1 aliphatic heterocycles. The number of carbonyl (C=O) groups excluding carboxylic acids is 2. The lowest BCUT2D eigenvalue weighted by Crippen LogP contribution is -2.41. The van der Waals surface area contributed by atoms with Gasteiger partial charge >= 0.3 is 0 Å². The van der Waals surface area contributed by atoms with Crippen molar-refractivity contribution >= 4 is 23.2 Å². The van der Waals surface area contributed by atoms with Crippen LogP contribution in [-0.4, -0.2) is 46.2 Å². The maximum Gasteiger partial charge on any atom is 0.273 e. The van der Waals surface area contributed by atoms with E-state index in [0.29, 0.717) is 44.3 Å². The Morgan fingerprint density at radius 3 is 2.58 bits per heavy atom. The zero-order chi connectivity index (χ0) is 25.7.